The van der Waals surface area contributed by atoms with Gasteiger partial charge in [-0.3, -0.25) is 4.79 Å². The fraction of sp³-hybridized carbons (Fsp3) is 0.300. The fourth-order valence-corrected chi connectivity index (χ4v) is 1.19. The summed E-state index contributed by atoms with van der Waals surface area (Å²) in [6.45, 7) is 0.224. The van der Waals surface area contributed by atoms with Crippen LogP contribution < -0.4 is 5.32 Å². The minimum absolute atomic E-state index is 0.0501. The second-order valence-corrected chi connectivity index (χ2v) is 3.08. The van der Waals surface area contributed by atoms with Crippen LogP contribution >= 0.6 is 11.6 Å². The van der Waals surface area contributed by atoms with Gasteiger partial charge in [-0.15, -0.1) is 11.6 Å². The summed E-state index contributed by atoms with van der Waals surface area (Å²) in [5.74, 6) is 0.263. The molecular weight excluding hydrogens is 202 g/mol. The summed E-state index contributed by atoms with van der Waals surface area (Å²) >= 11 is 5.61. The predicted octanol–water partition coefficient (Wildman–Crippen LogP) is 1.15. The molecule has 14 heavy (non-hydrogen) atoms. The van der Waals surface area contributed by atoms with Crippen LogP contribution in [0.1, 0.15) is 15.9 Å². The van der Waals surface area contributed by atoms with E-state index in [1.54, 1.807) is 24.3 Å². The molecule has 0 aliphatic heterocycles. The quantitative estimate of drug-likeness (QED) is 0.738. The van der Waals surface area contributed by atoms with Crippen molar-refractivity contribution in [3.63, 3.8) is 0 Å². The van der Waals surface area contributed by atoms with E-state index in [1.807, 2.05) is 0 Å². The number of alkyl halides is 1. The van der Waals surface area contributed by atoms with Crippen LogP contribution in [-0.4, -0.2) is 24.2 Å². The third kappa shape index (κ3) is 3.01. The summed E-state index contributed by atoms with van der Waals surface area (Å²) in [6, 6.07) is 7.04. The van der Waals surface area contributed by atoms with Crippen LogP contribution in [0.15, 0.2) is 24.3 Å². The molecule has 4 heteroatoms. The molecule has 0 aromatic heterocycles. The van der Waals surface area contributed by atoms with Gasteiger partial charge < -0.3 is 10.4 Å². The predicted molar refractivity (Wildman–Crippen MR) is 55.4 cm³/mol. The number of nitrogens with one attached hydrogen (secondary N) is 1. The van der Waals surface area contributed by atoms with E-state index in [-0.39, 0.29) is 19.1 Å². The number of aliphatic hydroxyl groups is 1. The fourth-order valence-electron chi connectivity index (χ4n) is 1.02. The lowest BCUT2D eigenvalue weighted by Crippen LogP contribution is -2.26. The van der Waals surface area contributed by atoms with Crippen molar-refractivity contribution in [2.75, 3.05) is 13.2 Å². The summed E-state index contributed by atoms with van der Waals surface area (Å²) in [6.07, 6.45) is 0. The number of hydrogen-bond donors (Lipinski definition) is 2. The first-order valence-electron chi connectivity index (χ1n) is 4.32. The maximum atomic E-state index is 11.3. The van der Waals surface area contributed by atoms with Gasteiger partial charge in [0.15, 0.2) is 0 Å². The minimum Gasteiger partial charge on any atom is -0.395 e. The summed E-state index contributed by atoms with van der Waals surface area (Å²) < 4.78 is 0. The molecule has 0 spiro atoms. The molecule has 0 heterocycles. The molecule has 3 nitrogen and oxygen atoms in total. The average molecular weight is 214 g/mol. The van der Waals surface area contributed by atoms with Gasteiger partial charge in [-0.25, -0.2) is 0 Å². The minimum atomic E-state index is -0.180. The van der Waals surface area contributed by atoms with Gasteiger partial charge in [-0.2, -0.15) is 0 Å². The van der Waals surface area contributed by atoms with E-state index in [1.165, 1.54) is 0 Å². The molecule has 1 amide bonds. The molecule has 0 aliphatic carbocycles. The maximum absolute atomic E-state index is 11.3. The van der Waals surface area contributed by atoms with Gasteiger partial charge in [0, 0.05) is 18.0 Å². The van der Waals surface area contributed by atoms with Crippen molar-refractivity contribution >= 4 is 17.5 Å². The number of halogens is 1. The Hall–Kier alpha value is -1.06. The molecule has 76 valence electrons. The highest BCUT2D eigenvalue weighted by Crippen LogP contribution is 2.06. The zero-order valence-electron chi connectivity index (χ0n) is 7.66. The monoisotopic (exact) mass is 213 g/mol. The number of hydrogen-bond acceptors (Lipinski definition) is 2. The number of amides is 1. The van der Waals surface area contributed by atoms with Gasteiger partial charge in [0.05, 0.1) is 6.61 Å². The first kappa shape index (κ1) is 11.0. The molecule has 0 radical (unpaired) electrons. The van der Waals surface area contributed by atoms with E-state index < -0.39 is 0 Å². The Kier molecular flexibility index (Phi) is 4.43. The lowest BCUT2D eigenvalue weighted by molar-refractivity contribution is 0.0945. The van der Waals surface area contributed by atoms with Gasteiger partial charge >= 0.3 is 0 Å². The van der Waals surface area contributed by atoms with Gasteiger partial charge in [0.1, 0.15) is 0 Å². The standard InChI is InChI=1S/C10H12ClNO2/c11-7-8-1-3-9(4-2-8)10(14)12-5-6-13/h1-4,13H,5-7H2,(H,12,14). The molecule has 1 aromatic carbocycles. The summed E-state index contributed by atoms with van der Waals surface area (Å²) in [5.41, 5.74) is 1.55. The second kappa shape index (κ2) is 5.62. The number of rotatable bonds is 4. The molecule has 0 saturated heterocycles. The maximum Gasteiger partial charge on any atom is 0.251 e. The molecule has 0 fully saturated rings. The topological polar surface area (TPSA) is 49.3 Å². The van der Waals surface area contributed by atoms with Gasteiger partial charge in [-0.05, 0) is 17.7 Å². The van der Waals surface area contributed by atoms with Crippen molar-refractivity contribution in [2.45, 2.75) is 5.88 Å². The third-order valence-corrected chi connectivity index (χ3v) is 2.08. The number of carbonyl (C=O) groups is 1. The van der Waals surface area contributed by atoms with Gasteiger partial charge in [-0.1, -0.05) is 12.1 Å². The van der Waals surface area contributed by atoms with Crippen molar-refractivity contribution in [3.8, 4) is 0 Å². The number of carbonyl (C=O) groups excluding carboxylic acids is 1. The molecule has 1 aromatic rings. The van der Waals surface area contributed by atoms with Crippen LogP contribution in [0.25, 0.3) is 0 Å². The Morgan fingerprint density at radius 3 is 2.50 bits per heavy atom. The van der Waals surface area contributed by atoms with Crippen LogP contribution in [0.5, 0.6) is 0 Å². The Balaban J connectivity index is 2.62. The van der Waals surface area contributed by atoms with E-state index in [0.29, 0.717) is 11.4 Å². The molecule has 0 aliphatic rings. The molecule has 2 N–H and O–H groups in total. The Morgan fingerprint density at radius 2 is 2.00 bits per heavy atom. The largest absolute Gasteiger partial charge is 0.395 e. The Labute approximate surface area is 87.7 Å². The number of aliphatic hydroxyl groups excluding tert-OH is 1. The average Bonchev–Trinajstić information content (AvgIpc) is 2.26. The normalized spacial score (nSPS) is 9.86. The molecular formula is C10H12ClNO2. The highest BCUT2D eigenvalue weighted by molar-refractivity contribution is 6.17. The molecule has 0 bridgehead atoms. The number of benzene rings is 1. The van der Waals surface area contributed by atoms with E-state index in [9.17, 15) is 4.79 Å². The Morgan fingerprint density at radius 1 is 1.36 bits per heavy atom. The first-order valence-corrected chi connectivity index (χ1v) is 4.85. The van der Waals surface area contributed by atoms with Crippen molar-refractivity contribution < 1.29 is 9.90 Å². The Bertz CT molecular complexity index is 297. The van der Waals surface area contributed by atoms with Crippen molar-refractivity contribution in [1.29, 1.82) is 0 Å². The van der Waals surface area contributed by atoms with Crippen molar-refractivity contribution in [1.82, 2.24) is 5.32 Å². The van der Waals surface area contributed by atoms with Gasteiger partial charge in [0.2, 0.25) is 0 Å². The summed E-state index contributed by atoms with van der Waals surface area (Å²) in [5, 5.41) is 11.1. The third-order valence-electron chi connectivity index (χ3n) is 1.77. The van der Waals surface area contributed by atoms with Gasteiger partial charge in [0.25, 0.3) is 5.91 Å². The van der Waals surface area contributed by atoms with Crippen molar-refractivity contribution in [3.05, 3.63) is 35.4 Å². The van der Waals surface area contributed by atoms with E-state index in [4.69, 9.17) is 16.7 Å². The molecule has 0 atom stereocenters. The SMILES string of the molecule is O=C(NCCO)c1ccc(CCl)cc1. The first-order chi connectivity index (χ1) is 6.77. The van der Waals surface area contributed by atoms with Crippen LogP contribution in [0, 0.1) is 0 Å². The van der Waals surface area contributed by atoms with Crippen molar-refractivity contribution in [2.24, 2.45) is 0 Å². The van der Waals surface area contributed by atoms with E-state index in [2.05, 4.69) is 5.32 Å². The second-order valence-electron chi connectivity index (χ2n) is 2.81. The van der Waals surface area contributed by atoms with E-state index >= 15 is 0 Å². The molecule has 1 rings (SSSR count). The highest BCUT2D eigenvalue weighted by Gasteiger charge is 2.03. The summed E-state index contributed by atoms with van der Waals surface area (Å²) in [4.78, 5) is 11.3. The smallest absolute Gasteiger partial charge is 0.251 e. The van der Waals surface area contributed by atoms with Crippen LogP contribution in [-0.2, 0) is 5.88 Å². The molecule has 0 unspecified atom stereocenters. The zero-order valence-corrected chi connectivity index (χ0v) is 8.42. The van der Waals surface area contributed by atoms with E-state index in [0.717, 1.165) is 5.56 Å². The zero-order chi connectivity index (χ0) is 10.4. The van der Waals surface area contributed by atoms with Crippen LogP contribution in [0.4, 0.5) is 0 Å². The summed E-state index contributed by atoms with van der Waals surface area (Å²) in [7, 11) is 0. The molecule has 0 saturated carbocycles. The van der Waals surface area contributed by atoms with Crippen LogP contribution in [0.3, 0.4) is 0 Å². The van der Waals surface area contributed by atoms with Crippen LogP contribution in [0.2, 0.25) is 0 Å². The lowest BCUT2D eigenvalue weighted by Gasteiger charge is -2.03. The lowest BCUT2D eigenvalue weighted by atomic mass is 10.1. The highest BCUT2D eigenvalue weighted by atomic mass is 35.5.